The Balaban J connectivity index is 1.99. The summed E-state index contributed by atoms with van der Waals surface area (Å²) in [5.41, 5.74) is 0.912. The Morgan fingerprint density at radius 1 is 1.20 bits per heavy atom. The minimum absolute atomic E-state index is 0.493. The van der Waals surface area contributed by atoms with Crippen molar-refractivity contribution in [3.05, 3.63) is 41.7 Å². The van der Waals surface area contributed by atoms with Crippen molar-refractivity contribution in [1.29, 1.82) is 0 Å². The zero-order valence-corrected chi connectivity index (χ0v) is 11.0. The van der Waals surface area contributed by atoms with Crippen LogP contribution in [0, 0.1) is 0 Å². The molecule has 0 fully saturated rings. The molecule has 0 unspecified atom stereocenters. The average Bonchev–Trinajstić information content (AvgIpc) is 2.81. The molecule has 3 rings (SSSR count). The zero-order chi connectivity index (χ0) is 14.3. The fourth-order valence-corrected chi connectivity index (χ4v) is 2.37. The van der Waals surface area contributed by atoms with Crippen LogP contribution in [0.3, 0.4) is 0 Å². The van der Waals surface area contributed by atoms with E-state index in [0.717, 1.165) is 37.2 Å². The molecule has 1 aromatic carbocycles. The van der Waals surface area contributed by atoms with Crippen molar-refractivity contribution in [2.75, 3.05) is 20.1 Å². The lowest BCUT2D eigenvalue weighted by Crippen LogP contribution is -2.23. The number of hydrogen-bond acceptors (Lipinski definition) is 2. The third-order valence-corrected chi connectivity index (χ3v) is 3.57. The highest BCUT2D eigenvalue weighted by molar-refractivity contribution is 5.82. The summed E-state index contributed by atoms with van der Waals surface area (Å²) in [6.07, 6.45) is -1.41. The quantitative estimate of drug-likeness (QED) is 0.780. The van der Waals surface area contributed by atoms with Gasteiger partial charge in [-0.25, -0.2) is 0 Å². The van der Waals surface area contributed by atoms with Crippen molar-refractivity contribution in [2.24, 2.45) is 0 Å². The predicted octanol–water partition coefficient (Wildman–Crippen LogP) is 4.17. The smallest absolute Gasteiger partial charge is 0.416 e. The van der Waals surface area contributed by atoms with Crippen molar-refractivity contribution < 1.29 is 17.6 Å². The highest BCUT2D eigenvalue weighted by Gasteiger charge is 2.30. The number of hydrogen-bond donors (Lipinski definition) is 0. The predicted molar refractivity (Wildman–Crippen MR) is 71.3 cm³/mol. The van der Waals surface area contributed by atoms with Crippen LogP contribution in [0.1, 0.15) is 17.7 Å². The molecule has 0 aliphatic carbocycles. The first-order valence-electron chi connectivity index (χ1n) is 6.42. The summed E-state index contributed by atoms with van der Waals surface area (Å²) >= 11 is 0. The van der Waals surface area contributed by atoms with E-state index in [0.29, 0.717) is 16.7 Å². The molecule has 0 N–H and O–H groups in total. The molecule has 106 valence electrons. The van der Waals surface area contributed by atoms with Crippen LogP contribution >= 0.6 is 0 Å². The second-order valence-electron chi connectivity index (χ2n) is 5.10. The van der Waals surface area contributed by atoms with Crippen LogP contribution < -0.4 is 0 Å². The molecule has 20 heavy (non-hydrogen) atoms. The van der Waals surface area contributed by atoms with E-state index in [4.69, 9.17) is 4.42 Å². The monoisotopic (exact) mass is 281 g/mol. The van der Waals surface area contributed by atoms with E-state index in [1.165, 1.54) is 6.07 Å². The van der Waals surface area contributed by atoms with E-state index < -0.39 is 11.7 Å². The van der Waals surface area contributed by atoms with Crippen LogP contribution in [0.25, 0.3) is 16.5 Å². The fraction of sp³-hybridized carbons (Fsp3) is 0.333. The second-order valence-corrected chi connectivity index (χ2v) is 5.10. The van der Waals surface area contributed by atoms with E-state index in [1.54, 1.807) is 6.07 Å². The van der Waals surface area contributed by atoms with Gasteiger partial charge in [-0.3, -0.25) is 0 Å². The lowest BCUT2D eigenvalue weighted by Gasteiger charge is -2.20. The van der Waals surface area contributed by atoms with Gasteiger partial charge in [0.05, 0.1) is 5.56 Å². The Morgan fingerprint density at radius 2 is 2.00 bits per heavy atom. The van der Waals surface area contributed by atoms with Crippen LogP contribution in [0.4, 0.5) is 13.2 Å². The van der Waals surface area contributed by atoms with Gasteiger partial charge in [-0.1, -0.05) is 6.08 Å². The molecule has 0 amide bonds. The van der Waals surface area contributed by atoms with Crippen LogP contribution in [-0.2, 0) is 6.18 Å². The van der Waals surface area contributed by atoms with Gasteiger partial charge < -0.3 is 9.32 Å². The number of benzene rings is 1. The molecule has 0 saturated carbocycles. The Hall–Kier alpha value is -1.75. The van der Waals surface area contributed by atoms with Crippen LogP contribution in [0.5, 0.6) is 0 Å². The molecular formula is C15H14F3NO. The van der Waals surface area contributed by atoms with Crippen LogP contribution in [-0.4, -0.2) is 25.0 Å². The average molecular weight is 281 g/mol. The summed E-state index contributed by atoms with van der Waals surface area (Å²) in [6.45, 7) is 1.76. The van der Waals surface area contributed by atoms with Crippen LogP contribution in [0.2, 0.25) is 0 Å². The molecule has 2 aromatic rings. The zero-order valence-electron chi connectivity index (χ0n) is 11.0. The van der Waals surface area contributed by atoms with Gasteiger partial charge in [-0.2, -0.15) is 13.2 Å². The molecule has 2 heterocycles. The lowest BCUT2D eigenvalue weighted by atomic mass is 10.1. The molecule has 0 atom stereocenters. The van der Waals surface area contributed by atoms with Crippen molar-refractivity contribution in [3.8, 4) is 0 Å². The summed E-state index contributed by atoms with van der Waals surface area (Å²) in [4.78, 5) is 2.17. The molecule has 2 nitrogen and oxygen atoms in total. The van der Waals surface area contributed by atoms with Gasteiger partial charge in [0.15, 0.2) is 0 Å². The Morgan fingerprint density at radius 3 is 2.65 bits per heavy atom. The maximum Gasteiger partial charge on any atom is 0.416 e. The van der Waals surface area contributed by atoms with Gasteiger partial charge in [-0.05, 0) is 43.3 Å². The normalized spacial score (nSPS) is 17.5. The molecule has 0 bridgehead atoms. The van der Waals surface area contributed by atoms with Crippen molar-refractivity contribution in [3.63, 3.8) is 0 Å². The van der Waals surface area contributed by atoms with Gasteiger partial charge in [0.25, 0.3) is 0 Å². The SMILES string of the molecule is CN1CC=C(c2cc3cc(C(F)(F)F)ccc3o2)CC1. The maximum absolute atomic E-state index is 12.7. The number of furan rings is 1. The van der Waals surface area contributed by atoms with E-state index in [9.17, 15) is 13.2 Å². The molecule has 1 aliphatic rings. The van der Waals surface area contributed by atoms with Crippen molar-refractivity contribution >= 4 is 16.5 Å². The minimum Gasteiger partial charge on any atom is -0.456 e. The lowest BCUT2D eigenvalue weighted by molar-refractivity contribution is -0.137. The molecule has 5 heteroatoms. The highest BCUT2D eigenvalue weighted by Crippen LogP contribution is 2.34. The van der Waals surface area contributed by atoms with Crippen molar-refractivity contribution in [2.45, 2.75) is 12.6 Å². The third-order valence-electron chi connectivity index (χ3n) is 3.57. The standard InChI is InChI=1S/C15H14F3NO/c1-19-6-4-10(5-7-19)14-9-11-8-12(15(16,17)18)2-3-13(11)20-14/h2-4,8-9H,5-7H2,1H3. The van der Waals surface area contributed by atoms with E-state index >= 15 is 0 Å². The molecule has 0 saturated heterocycles. The molecule has 1 aliphatic heterocycles. The van der Waals surface area contributed by atoms with Gasteiger partial charge in [-0.15, -0.1) is 0 Å². The van der Waals surface area contributed by atoms with Gasteiger partial charge in [0.1, 0.15) is 11.3 Å². The first-order valence-corrected chi connectivity index (χ1v) is 6.42. The Kier molecular flexibility index (Phi) is 3.09. The van der Waals surface area contributed by atoms with E-state index in [-0.39, 0.29) is 0 Å². The topological polar surface area (TPSA) is 16.4 Å². The van der Waals surface area contributed by atoms with Gasteiger partial charge in [0.2, 0.25) is 0 Å². The summed E-state index contributed by atoms with van der Waals surface area (Å²) in [6, 6.07) is 5.27. The fourth-order valence-electron chi connectivity index (χ4n) is 2.37. The number of nitrogens with zero attached hydrogens (tertiary/aromatic N) is 1. The summed E-state index contributed by atoms with van der Waals surface area (Å²) in [7, 11) is 2.03. The van der Waals surface area contributed by atoms with Gasteiger partial charge >= 0.3 is 6.18 Å². The van der Waals surface area contributed by atoms with E-state index in [1.807, 2.05) is 7.05 Å². The molecular weight excluding hydrogens is 267 g/mol. The molecule has 1 aromatic heterocycles. The third kappa shape index (κ3) is 2.45. The number of likely N-dealkylation sites (N-methyl/N-ethyl adjacent to an activating group) is 1. The number of rotatable bonds is 1. The number of halogens is 3. The first kappa shape index (κ1) is 13.2. The first-order chi connectivity index (χ1) is 9.43. The Labute approximate surface area is 114 Å². The largest absolute Gasteiger partial charge is 0.456 e. The second kappa shape index (κ2) is 4.66. The number of fused-ring (bicyclic) bond motifs is 1. The van der Waals surface area contributed by atoms with E-state index in [2.05, 4.69) is 11.0 Å². The minimum atomic E-state index is -4.32. The summed E-state index contributed by atoms with van der Waals surface area (Å²) in [5, 5.41) is 0.495. The number of alkyl halides is 3. The Bertz CT molecular complexity index is 669. The summed E-state index contributed by atoms with van der Waals surface area (Å²) in [5.74, 6) is 0.674. The molecule has 0 radical (unpaired) electrons. The van der Waals surface area contributed by atoms with Crippen LogP contribution in [0.15, 0.2) is 34.8 Å². The van der Waals surface area contributed by atoms with Crippen molar-refractivity contribution in [1.82, 2.24) is 4.90 Å². The summed E-state index contributed by atoms with van der Waals surface area (Å²) < 4.78 is 43.7. The van der Waals surface area contributed by atoms with Gasteiger partial charge in [0, 0.05) is 18.5 Å². The highest BCUT2D eigenvalue weighted by atomic mass is 19.4. The maximum atomic E-state index is 12.7. The molecule has 0 spiro atoms.